The number of rotatable bonds is 7. The molecule has 7 heteroatoms. The van der Waals surface area contributed by atoms with Crippen molar-refractivity contribution >= 4 is 16.7 Å². The number of nitrogen functional groups attached to an aromatic ring is 1. The van der Waals surface area contributed by atoms with E-state index in [1.54, 1.807) is 13.2 Å². The van der Waals surface area contributed by atoms with Gasteiger partial charge in [-0.25, -0.2) is 9.67 Å². The van der Waals surface area contributed by atoms with Crippen molar-refractivity contribution in [2.75, 3.05) is 25.9 Å². The Morgan fingerprint density at radius 2 is 2.12 bits per heavy atom. The summed E-state index contributed by atoms with van der Waals surface area (Å²) in [6.45, 7) is 4.82. The van der Waals surface area contributed by atoms with Crippen LogP contribution in [0.2, 0.25) is 0 Å². The molecule has 0 amide bonds. The van der Waals surface area contributed by atoms with Crippen LogP contribution in [0.4, 0.5) is 5.69 Å². The molecule has 0 radical (unpaired) electrons. The Kier molecular flexibility index (Phi) is 5.39. The van der Waals surface area contributed by atoms with Gasteiger partial charge in [0.15, 0.2) is 5.65 Å². The van der Waals surface area contributed by atoms with Crippen molar-refractivity contribution in [2.45, 2.75) is 26.0 Å². The topological polar surface area (TPSA) is 98.2 Å². The Labute approximate surface area is 152 Å². The Hall–Kier alpha value is -2.64. The number of benzene rings is 1. The maximum absolute atomic E-state index is 9.78. The van der Waals surface area contributed by atoms with E-state index in [-0.39, 0.29) is 12.6 Å². The van der Waals surface area contributed by atoms with Crippen LogP contribution in [0.1, 0.15) is 19.9 Å². The summed E-state index contributed by atoms with van der Waals surface area (Å²) in [5, 5.41) is 17.9. The predicted molar refractivity (Wildman–Crippen MR) is 103 cm³/mol. The van der Waals surface area contributed by atoms with Crippen LogP contribution in [-0.2, 0) is 0 Å². The Bertz CT molecular complexity index is 891. The minimum atomic E-state index is -0.561. The fourth-order valence-corrected chi connectivity index (χ4v) is 2.80. The summed E-state index contributed by atoms with van der Waals surface area (Å²) in [6.07, 6.45) is 1.19. The molecule has 0 bridgehead atoms. The molecule has 0 spiro atoms. The van der Waals surface area contributed by atoms with Crippen molar-refractivity contribution in [3.05, 3.63) is 36.5 Å². The molecule has 7 nitrogen and oxygen atoms in total. The Morgan fingerprint density at radius 1 is 1.31 bits per heavy atom. The molecule has 138 valence electrons. The molecule has 1 atom stereocenters. The summed E-state index contributed by atoms with van der Waals surface area (Å²) >= 11 is 0. The van der Waals surface area contributed by atoms with E-state index in [1.807, 2.05) is 35.0 Å². The molecule has 0 aliphatic carbocycles. The molecular weight excluding hydrogens is 330 g/mol. The molecule has 2 heterocycles. The van der Waals surface area contributed by atoms with Crippen molar-refractivity contribution in [3.8, 4) is 17.0 Å². The highest BCUT2D eigenvalue weighted by Crippen LogP contribution is 2.29. The van der Waals surface area contributed by atoms with Gasteiger partial charge < -0.3 is 20.9 Å². The molecule has 0 aliphatic heterocycles. The first kappa shape index (κ1) is 18.2. The number of anilines is 1. The van der Waals surface area contributed by atoms with Crippen LogP contribution < -0.4 is 15.8 Å². The first-order chi connectivity index (χ1) is 12.5. The second kappa shape index (κ2) is 7.72. The second-order valence-corrected chi connectivity index (χ2v) is 6.57. The van der Waals surface area contributed by atoms with Gasteiger partial charge in [-0.3, -0.25) is 0 Å². The maximum Gasteiger partial charge on any atom is 0.160 e. The number of aliphatic hydroxyl groups excluding tert-OH is 1. The maximum atomic E-state index is 9.78. The lowest BCUT2D eigenvalue weighted by Gasteiger charge is -2.13. The third kappa shape index (κ3) is 3.79. The Morgan fingerprint density at radius 3 is 2.85 bits per heavy atom. The van der Waals surface area contributed by atoms with Crippen molar-refractivity contribution in [1.29, 1.82) is 0 Å². The number of ether oxygens (including phenoxy) is 1. The highest BCUT2D eigenvalue weighted by Gasteiger charge is 2.13. The van der Waals surface area contributed by atoms with Crippen LogP contribution in [0.5, 0.6) is 5.75 Å². The second-order valence-electron chi connectivity index (χ2n) is 6.57. The van der Waals surface area contributed by atoms with Gasteiger partial charge in [-0.2, -0.15) is 5.10 Å². The molecular formula is C19H25N5O2. The molecule has 4 N–H and O–H groups in total. The van der Waals surface area contributed by atoms with E-state index < -0.39 is 6.10 Å². The number of aromatic nitrogens is 3. The summed E-state index contributed by atoms with van der Waals surface area (Å²) < 4.78 is 7.55. The highest BCUT2D eigenvalue weighted by atomic mass is 16.5. The molecule has 26 heavy (non-hydrogen) atoms. The largest absolute Gasteiger partial charge is 0.491 e. The van der Waals surface area contributed by atoms with Crippen molar-refractivity contribution < 1.29 is 9.84 Å². The van der Waals surface area contributed by atoms with Gasteiger partial charge >= 0.3 is 0 Å². The summed E-state index contributed by atoms with van der Waals surface area (Å²) in [4.78, 5) is 4.76. The fourth-order valence-electron chi connectivity index (χ4n) is 2.80. The summed E-state index contributed by atoms with van der Waals surface area (Å²) in [5.41, 5.74) is 9.29. The number of fused-ring (bicyclic) bond motifs is 1. The molecule has 2 aromatic heterocycles. The van der Waals surface area contributed by atoms with Gasteiger partial charge in [0.2, 0.25) is 0 Å². The molecule has 0 aliphatic rings. The van der Waals surface area contributed by atoms with E-state index in [1.165, 1.54) is 0 Å². The zero-order valence-electron chi connectivity index (χ0n) is 15.3. The average molecular weight is 355 g/mol. The number of nitrogens with zero attached hydrogens (tertiary/aromatic N) is 3. The van der Waals surface area contributed by atoms with Gasteiger partial charge in [-0.15, -0.1) is 0 Å². The van der Waals surface area contributed by atoms with Gasteiger partial charge in [0, 0.05) is 23.8 Å². The van der Waals surface area contributed by atoms with Gasteiger partial charge in [-0.1, -0.05) is 12.1 Å². The van der Waals surface area contributed by atoms with Crippen LogP contribution in [0, 0.1) is 0 Å². The number of nitrogens with one attached hydrogen (secondary N) is 1. The minimum absolute atomic E-state index is 0.193. The lowest BCUT2D eigenvalue weighted by Crippen LogP contribution is -2.29. The third-order valence-electron chi connectivity index (χ3n) is 4.10. The zero-order chi connectivity index (χ0) is 18.7. The van der Waals surface area contributed by atoms with Gasteiger partial charge in [-0.05, 0) is 39.1 Å². The molecule has 1 aromatic carbocycles. The highest BCUT2D eigenvalue weighted by molar-refractivity contribution is 5.90. The van der Waals surface area contributed by atoms with Crippen molar-refractivity contribution in [3.63, 3.8) is 0 Å². The third-order valence-corrected chi connectivity index (χ3v) is 4.10. The predicted octanol–water partition coefficient (Wildman–Crippen LogP) is 2.22. The number of hydrogen-bond acceptors (Lipinski definition) is 6. The lowest BCUT2D eigenvalue weighted by molar-refractivity contribution is 0.108. The molecule has 3 rings (SSSR count). The lowest BCUT2D eigenvalue weighted by atomic mass is 10.1. The average Bonchev–Trinajstić information content (AvgIpc) is 3.05. The molecule has 1 unspecified atom stereocenters. The fraction of sp³-hybridized carbons (Fsp3) is 0.368. The van der Waals surface area contributed by atoms with Crippen LogP contribution in [0.25, 0.3) is 22.3 Å². The van der Waals surface area contributed by atoms with Crippen molar-refractivity contribution in [1.82, 2.24) is 20.1 Å². The molecule has 0 fully saturated rings. The van der Waals surface area contributed by atoms with Gasteiger partial charge in [0.1, 0.15) is 18.5 Å². The SMILES string of the molecule is CNCC(O)COc1cccc(-c2cc(N)c3cnn(C(C)C)c3n2)c1. The van der Waals surface area contributed by atoms with E-state index in [9.17, 15) is 5.11 Å². The van der Waals surface area contributed by atoms with E-state index in [0.717, 1.165) is 22.3 Å². The van der Waals surface area contributed by atoms with Crippen molar-refractivity contribution in [2.24, 2.45) is 0 Å². The van der Waals surface area contributed by atoms with E-state index in [2.05, 4.69) is 24.3 Å². The molecule has 3 aromatic rings. The number of pyridine rings is 1. The van der Waals surface area contributed by atoms with E-state index in [4.69, 9.17) is 15.5 Å². The van der Waals surface area contributed by atoms with Crippen LogP contribution in [0.15, 0.2) is 36.5 Å². The summed E-state index contributed by atoms with van der Waals surface area (Å²) in [7, 11) is 1.79. The van der Waals surface area contributed by atoms with Crippen LogP contribution >= 0.6 is 0 Å². The van der Waals surface area contributed by atoms with E-state index >= 15 is 0 Å². The quantitative estimate of drug-likeness (QED) is 0.601. The van der Waals surface area contributed by atoms with Crippen LogP contribution in [0.3, 0.4) is 0 Å². The number of aliphatic hydroxyl groups is 1. The first-order valence-electron chi connectivity index (χ1n) is 8.69. The number of hydrogen-bond donors (Lipinski definition) is 3. The normalized spacial score (nSPS) is 12.7. The summed E-state index contributed by atoms with van der Waals surface area (Å²) in [6, 6.07) is 9.66. The first-order valence-corrected chi connectivity index (χ1v) is 8.69. The Balaban J connectivity index is 1.91. The number of nitrogens with two attached hydrogens (primary N) is 1. The standard InChI is InChI=1S/C19H25N5O2/c1-12(2)24-19-16(10-22-24)17(20)8-18(23-19)13-5-4-6-15(7-13)26-11-14(25)9-21-3/h4-8,10,12,14,21,25H,9,11H2,1-3H3,(H2,20,23). The molecule has 0 saturated heterocycles. The van der Waals surface area contributed by atoms with E-state index in [0.29, 0.717) is 18.0 Å². The smallest absolute Gasteiger partial charge is 0.160 e. The minimum Gasteiger partial charge on any atom is -0.491 e. The summed E-state index contributed by atoms with van der Waals surface area (Å²) in [5.74, 6) is 0.676. The van der Waals surface area contributed by atoms with Gasteiger partial charge in [0.05, 0.1) is 17.3 Å². The number of likely N-dealkylation sites (N-methyl/N-ethyl adjacent to an activating group) is 1. The van der Waals surface area contributed by atoms with Gasteiger partial charge in [0.25, 0.3) is 0 Å². The molecule has 0 saturated carbocycles. The van der Waals surface area contributed by atoms with Crippen LogP contribution in [-0.4, -0.2) is 46.2 Å². The zero-order valence-corrected chi connectivity index (χ0v) is 15.3. The monoisotopic (exact) mass is 355 g/mol.